The van der Waals surface area contributed by atoms with Crippen LogP contribution in [0.25, 0.3) is 12.2 Å². The number of hydrogen-bond acceptors (Lipinski definition) is 5. The Morgan fingerprint density at radius 2 is 1.83 bits per heavy atom. The Labute approximate surface area is 212 Å². The Hall–Kier alpha value is -3.23. The number of piperidine rings is 1. The van der Waals surface area contributed by atoms with Crippen molar-refractivity contribution >= 4 is 33.8 Å². The van der Waals surface area contributed by atoms with Crippen molar-refractivity contribution in [3.8, 4) is 0 Å². The van der Waals surface area contributed by atoms with Crippen LogP contribution in [-0.2, 0) is 21.2 Å². The minimum Gasteiger partial charge on any atom is -0.355 e. The lowest BCUT2D eigenvalue weighted by Crippen LogP contribution is -2.48. The van der Waals surface area contributed by atoms with Crippen LogP contribution in [0.1, 0.15) is 47.9 Å². The van der Waals surface area contributed by atoms with Gasteiger partial charge in [0, 0.05) is 24.8 Å². The third-order valence-electron chi connectivity index (χ3n) is 7.11. The van der Waals surface area contributed by atoms with Gasteiger partial charge in [0.1, 0.15) is 5.69 Å². The maximum Gasteiger partial charge on any atom is 0.248 e. The van der Waals surface area contributed by atoms with E-state index in [1.165, 1.54) is 4.31 Å². The molecule has 5 rings (SSSR count). The molecule has 1 aromatic heterocycles. The van der Waals surface area contributed by atoms with Gasteiger partial charge in [-0.25, -0.2) is 8.42 Å². The molecule has 2 atom stereocenters. The highest BCUT2D eigenvalue weighted by Crippen LogP contribution is 2.35. The molecule has 0 radical (unpaired) electrons. The second-order valence-corrected chi connectivity index (χ2v) is 11.7. The van der Waals surface area contributed by atoms with Crippen LogP contribution < -0.4 is 4.90 Å². The Balaban J connectivity index is 1.38. The van der Waals surface area contributed by atoms with Gasteiger partial charge in [-0.1, -0.05) is 59.3 Å². The van der Waals surface area contributed by atoms with Gasteiger partial charge in [0.05, 0.1) is 5.92 Å². The summed E-state index contributed by atoms with van der Waals surface area (Å²) in [5.74, 6) is -0.202. The third kappa shape index (κ3) is 4.51. The lowest BCUT2D eigenvalue weighted by Gasteiger charge is -2.34. The van der Waals surface area contributed by atoms with E-state index in [0.717, 1.165) is 28.8 Å². The highest BCUT2D eigenvalue weighted by atomic mass is 32.2. The molecule has 7 nitrogen and oxygen atoms in total. The standard InChI is InChI=1S/C28H31N3O4S/c1-19-10-12-22(13-11-19)14-15-26-27(21(3)29-35-26)36(33,34)30-16-6-8-24(18-30)28(32)31-20(2)17-23-7-4-5-9-25(23)31/h4-5,7,9-15,20,24H,6,8,16-18H2,1-3H3/b15-14+/t20-,24-/m0/s1. The predicted octanol–water partition coefficient (Wildman–Crippen LogP) is 4.84. The molecule has 0 aliphatic carbocycles. The molecule has 8 heteroatoms. The lowest BCUT2D eigenvalue weighted by atomic mass is 9.97. The highest BCUT2D eigenvalue weighted by Gasteiger charge is 2.40. The van der Waals surface area contributed by atoms with Crippen LogP contribution in [0.5, 0.6) is 0 Å². The first-order valence-corrected chi connectivity index (χ1v) is 13.8. The van der Waals surface area contributed by atoms with Gasteiger partial charge >= 0.3 is 0 Å². The SMILES string of the molecule is Cc1ccc(/C=C/c2onc(C)c2S(=O)(=O)N2CCC[C@H](C(=O)N3c4ccccc4C[C@@H]3C)C2)cc1. The molecule has 0 N–H and O–H groups in total. The molecule has 1 saturated heterocycles. The van der Waals surface area contributed by atoms with Crippen molar-refractivity contribution < 1.29 is 17.7 Å². The molecule has 188 valence electrons. The van der Waals surface area contributed by atoms with E-state index < -0.39 is 15.9 Å². The second kappa shape index (κ2) is 9.67. The van der Waals surface area contributed by atoms with Gasteiger partial charge < -0.3 is 9.42 Å². The molecule has 3 aromatic rings. The number of aromatic nitrogens is 1. The van der Waals surface area contributed by atoms with Gasteiger partial charge in [0.2, 0.25) is 15.9 Å². The molecule has 1 fully saturated rings. The Morgan fingerprint density at radius 3 is 2.61 bits per heavy atom. The van der Waals surface area contributed by atoms with Gasteiger partial charge in [-0.15, -0.1) is 0 Å². The lowest BCUT2D eigenvalue weighted by molar-refractivity contribution is -0.123. The molecule has 0 unspecified atom stereocenters. The van der Waals surface area contributed by atoms with E-state index >= 15 is 0 Å². The molecule has 1 amide bonds. The van der Waals surface area contributed by atoms with Crippen LogP contribution in [0.15, 0.2) is 57.9 Å². The van der Waals surface area contributed by atoms with Crippen LogP contribution in [0.2, 0.25) is 0 Å². The topological polar surface area (TPSA) is 83.7 Å². The van der Waals surface area contributed by atoms with Crippen molar-refractivity contribution in [2.24, 2.45) is 5.92 Å². The molecular weight excluding hydrogens is 474 g/mol. The van der Waals surface area contributed by atoms with Gasteiger partial charge in [0.25, 0.3) is 0 Å². The fraction of sp³-hybridized carbons (Fsp3) is 0.357. The number of carbonyl (C=O) groups excluding carboxylic acids is 1. The number of anilines is 1. The second-order valence-electron chi connectivity index (χ2n) is 9.80. The first kappa shape index (κ1) is 24.5. The van der Waals surface area contributed by atoms with E-state index in [1.54, 1.807) is 13.0 Å². The van der Waals surface area contributed by atoms with Crippen molar-refractivity contribution in [1.29, 1.82) is 0 Å². The van der Waals surface area contributed by atoms with Crippen LogP contribution in [0.3, 0.4) is 0 Å². The zero-order valence-corrected chi connectivity index (χ0v) is 21.7. The quantitative estimate of drug-likeness (QED) is 0.495. The molecule has 0 bridgehead atoms. The number of rotatable bonds is 5. The number of nitrogens with zero attached hydrogens (tertiary/aromatic N) is 3. The Morgan fingerprint density at radius 1 is 1.08 bits per heavy atom. The van der Waals surface area contributed by atoms with Crippen LogP contribution in [-0.4, -0.2) is 42.9 Å². The minimum atomic E-state index is -3.90. The molecule has 2 aliphatic rings. The Bertz CT molecular complexity index is 1410. The number of benzene rings is 2. The van der Waals surface area contributed by atoms with E-state index in [0.29, 0.717) is 25.1 Å². The van der Waals surface area contributed by atoms with Crippen LogP contribution >= 0.6 is 0 Å². The molecular formula is C28H31N3O4S. The number of amides is 1. The summed E-state index contributed by atoms with van der Waals surface area (Å²) in [6.45, 7) is 6.21. The summed E-state index contributed by atoms with van der Waals surface area (Å²) in [6, 6.07) is 15.9. The minimum absolute atomic E-state index is 0.00567. The number of fused-ring (bicyclic) bond motifs is 1. The number of hydrogen-bond donors (Lipinski definition) is 0. The van der Waals surface area contributed by atoms with Gasteiger partial charge in [-0.3, -0.25) is 4.79 Å². The monoisotopic (exact) mass is 505 g/mol. The van der Waals surface area contributed by atoms with Crippen molar-refractivity contribution in [3.05, 3.63) is 76.7 Å². The predicted molar refractivity (Wildman–Crippen MR) is 140 cm³/mol. The summed E-state index contributed by atoms with van der Waals surface area (Å²) >= 11 is 0. The summed E-state index contributed by atoms with van der Waals surface area (Å²) in [5, 5.41) is 3.95. The van der Waals surface area contributed by atoms with E-state index in [9.17, 15) is 13.2 Å². The maximum atomic E-state index is 13.8. The number of carbonyl (C=O) groups is 1. The average molecular weight is 506 g/mol. The van der Waals surface area contributed by atoms with Crippen LogP contribution in [0, 0.1) is 19.8 Å². The number of aryl methyl sites for hydroxylation is 2. The van der Waals surface area contributed by atoms with Crippen molar-refractivity contribution in [1.82, 2.24) is 9.46 Å². The van der Waals surface area contributed by atoms with Crippen molar-refractivity contribution in [2.75, 3.05) is 18.0 Å². The maximum absolute atomic E-state index is 13.8. The van der Waals surface area contributed by atoms with E-state index in [2.05, 4.69) is 11.2 Å². The molecule has 3 heterocycles. The van der Waals surface area contributed by atoms with Crippen molar-refractivity contribution in [2.45, 2.75) is 51.0 Å². The molecule has 0 spiro atoms. The average Bonchev–Trinajstić information content (AvgIpc) is 3.42. The van der Waals surface area contributed by atoms with Gasteiger partial charge in [-0.05, 0) is 63.3 Å². The molecule has 2 aliphatic heterocycles. The fourth-order valence-corrected chi connectivity index (χ4v) is 7.01. The molecule has 2 aromatic carbocycles. The van der Waals surface area contributed by atoms with Gasteiger partial charge in [0.15, 0.2) is 10.7 Å². The summed E-state index contributed by atoms with van der Waals surface area (Å²) in [5.41, 5.74) is 4.49. The van der Waals surface area contributed by atoms with Gasteiger partial charge in [-0.2, -0.15) is 4.31 Å². The number of para-hydroxylation sites is 1. The van der Waals surface area contributed by atoms with E-state index in [-0.39, 0.29) is 29.1 Å². The number of sulfonamides is 1. The third-order valence-corrected chi connectivity index (χ3v) is 9.14. The smallest absolute Gasteiger partial charge is 0.248 e. The summed E-state index contributed by atoms with van der Waals surface area (Å²) < 4.78 is 34.4. The first-order chi connectivity index (χ1) is 17.3. The van der Waals surface area contributed by atoms with Crippen molar-refractivity contribution in [3.63, 3.8) is 0 Å². The van der Waals surface area contributed by atoms with E-state index in [4.69, 9.17) is 4.52 Å². The first-order valence-electron chi connectivity index (χ1n) is 12.4. The summed E-state index contributed by atoms with van der Waals surface area (Å²) in [6.07, 6.45) is 5.56. The van der Waals surface area contributed by atoms with E-state index in [1.807, 2.05) is 67.3 Å². The largest absolute Gasteiger partial charge is 0.355 e. The fourth-order valence-electron chi connectivity index (χ4n) is 5.24. The summed E-state index contributed by atoms with van der Waals surface area (Å²) in [7, 11) is -3.90. The summed E-state index contributed by atoms with van der Waals surface area (Å²) in [4.78, 5) is 15.5. The molecule has 0 saturated carbocycles. The normalized spacial score (nSPS) is 20.7. The van der Waals surface area contributed by atoms with Crippen LogP contribution in [0.4, 0.5) is 5.69 Å². The zero-order valence-electron chi connectivity index (χ0n) is 20.8. The zero-order chi connectivity index (χ0) is 25.4. The molecule has 36 heavy (non-hydrogen) atoms. The highest BCUT2D eigenvalue weighted by molar-refractivity contribution is 7.89. The Kier molecular flexibility index (Phi) is 6.57.